The molecule has 0 unspecified atom stereocenters. The number of hydrogen-bond acceptors (Lipinski definition) is 1. The highest BCUT2D eigenvalue weighted by atomic mass is 16.2. The Kier molecular flexibility index (Phi) is 9.35. The van der Waals surface area contributed by atoms with Gasteiger partial charge in [0.2, 0.25) is 5.91 Å². The molecule has 18 heavy (non-hydrogen) atoms. The highest BCUT2D eigenvalue weighted by Crippen LogP contribution is 2.06. The van der Waals surface area contributed by atoms with Crippen molar-refractivity contribution < 1.29 is 4.79 Å². The number of rotatable bonds is 8. The van der Waals surface area contributed by atoms with E-state index in [2.05, 4.69) is 45.9 Å². The van der Waals surface area contributed by atoms with E-state index in [0.717, 1.165) is 32.4 Å². The molecular formula is C16H29NO. The van der Waals surface area contributed by atoms with E-state index >= 15 is 0 Å². The molecule has 0 aromatic heterocycles. The van der Waals surface area contributed by atoms with Gasteiger partial charge in [0.25, 0.3) is 0 Å². The Morgan fingerprint density at radius 2 is 1.83 bits per heavy atom. The van der Waals surface area contributed by atoms with Crippen LogP contribution in [-0.4, -0.2) is 23.9 Å². The van der Waals surface area contributed by atoms with Crippen LogP contribution in [0.3, 0.4) is 0 Å². The largest absolute Gasteiger partial charge is 0.339 e. The quantitative estimate of drug-likeness (QED) is 0.468. The number of carbonyl (C=O) groups is 1. The van der Waals surface area contributed by atoms with Gasteiger partial charge in [-0.3, -0.25) is 4.79 Å². The highest BCUT2D eigenvalue weighted by molar-refractivity contribution is 5.73. The van der Waals surface area contributed by atoms with Gasteiger partial charge >= 0.3 is 0 Å². The van der Waals surface area contributed by atoms with Crippen molar-refractivity contribution in [3.8, 4) is 0 Å². The van der Waals surface area contributed by atoms with E-state index in [1.165, 1.54) is 5.57 Å². The van der Waals surface area contributed by atoms with Crippen LogP contribution < -0.4 is 0 Å². The Balaban J connectivity index is 4.15. The lowest BCUT2D eigenvalue weighted by atomic mass is 10.1. The van der Waals surface area contributed by atoms with Crippen molar-refractivity contribution >= 4 is 5.91 Å². The molecule has 0 aromatic rings. The van der Waals surface area contributed by atoms with Crippen LogP contribution in [0, 0.1) is 5.92 Å². The fourth-order valence-corrected chi connectivity index (χ4v) is 1.82. The van der Waals surface area contributed by atoms with Crippen LogP contribution in [0.5, 0.6) is 0 Å². The molecule has 104 valence electrons. The van der Waals surface area contributed by atoms with Gasteiger partial charge in [-0.2, -0.15) is 0 Å². The normalized spacial score (nSPS) is 12.4. The molecule has 0 N–H and O–H groups in total. The van der Waals surface area contributed by atoms with Crippen molar-refractivity contribution in [2.75, 3.05) is 13.1 Å². The first-order valence-electron chi connectivity index (χ1n) is 7.03. The zero-order valence-electron chi connectivity index (χ0n) is 12.7. The van der Waals surface area contributed by atoms with Crippen molar-refractivity contribution in [3.05, 3.63) is 23.8 Å². The second kappa shape index (κ2) is 9.93. The van der Waals surface area contributed by atoms with Crippen molar-refractivity contribution in [3.63, 3.8) is 0 Å². The molecule has 0 fully saturated rings. The molecule has 0 aliphatic rings. The van der Waals surface area contributed by atoms with Gasteiger partial charge in [-0.15, -0.1) is 0 Å². The summed E-state index contributed by atoms with van der Waals surface area (Å²) in [4.78, 5) is 13.4. The molecule has 0 aromatic carbocycles. The number of hydrogen-bond donors (Lipinski definition) is 0. The summed E-state index contributed by atoms with van der Waals surface area (Å²) in [6, 6.07) is 0. The lowest BCUT2D eigenvalue weighted by Crippen LogP contribution is -2.33. The van der Waals surface area contributed by atoms with Gasteiger partial charge in [0, 0.05) is 20.0 Å². The van der Waals surface area contributed by atoms with Gasteiger partial charge in [0.15, 0.2) is 0 Å². The highest BCUT2D eigenvalue weighted by Gasteiger charge is 2.10. The van der Waals surface area contributed by atoms with E-state index < -0.39 is 0 Å². The molecule has 1 amide bonds. The van der Waals surface area contributed by atoms with E-state index in [1.807, 2.05) is 4.90 Å². The number of allylic oxidation sites excluding steroid dienone is 3. The Bertz CT molecular complexity index is 289. The predicted octanol–water partition coefficient (Wildman–Crippen LogP) is 4.18. The number of unbranched alkanes of at least 4 members (excludes halogenated alkanes) is 1. The zero-order valence-corrected chi connectivity index (χ0v) is 12.7. The molecule has 0 spiro atoms. The Labute approximate surface area is 113 Å². The summed E-state index contributed by atoms with van der Waals surface area (Å²) in [5, 5.41) is 0. The third-order valence-corrected chi connectivity index (χ3v) is 2.70. The average molecular weight is 251 g/mol. The second-order valence-electron chi connectivity index (χ2n) is 5.30. The van der Waals surface area contributed by atoms with E-state index in [1.54, 1.807) is 6.92 Å². The number of nitrogens with zero attached hydrogens (tertiary/aromatic N) is 1. The van der Waals surface area contributed by atoms with E-state index in [9.17, 15) is 4.79 Å². The molecule has 0 aliphatic carbocycles. The van der Waals surface area contributed by atoms with Crippen LogP contribution in [0.4, 0.5) is 0 Å². The smallest absolute Gasteiger partial charge is 0.219 e. The standard InChI is InChI=1S/C16H29NO/c1-6-7-8-9-10-11-15(4)13-17(16(5)18)12-14(2)3/h7-8,11,14H,6,9-10,12-13H2,1-5H3/b8-7-,15-11-. The van der Waals surface area contributed by atoms with Gasteiger partial charge in [-0.05, 0) is 32.1 Å². The summed E-state index contributed by atoms with van der Waals surface area (Å²) in [6.07, 6.45) is 9.93. The molecular weight excluding hydrogens is 222 g/mol. The zero-order chi connectivity index (χ0) is 14.0. The minimum Gasteiger partial charge on any atom is -0.339 e. The fraction of sp³-hybridized carbons (Fsp3) is 0.688. The minimum atomic E-state index is 0.169. The van der Waals surface area contributed by atoms with Crippen molar-refractivity contribution in [1.29, 1.82) is 0 Å². The summed E-state index contributed by atoms with van der Waals surface area (Å²) in [5.41, 5.74) is 1.29. The van der Waals surface area contributed by atoms with Gasteiger partial charge in [0.05, 0.1) is 0 Å². The molecule has 0 rings (SSSR count). The summed E-state index contributed by atoms with van der Waals surface area (Å²) in [6.45, 7) is 11.8. The van der Waals surface area contributed by atoms with Crippen LogP contribution in [0.1, 0.15) is 53.9 Å². The first kappa shape index (κ1) is 16.9. The van der Waals surface area contributed by atoms with Crippen LogP contribution in [0.25, 0.3) is 0 Å². The molecule has 2 heteroatoms. The van der Waals surface area contributed by atoms with Crippen LogP contribution in [0.2, 0.25) is 0 Å². The molecule has 0 radical (unpaired) electrons. The van der Waals surface area contributed by atoms with Crippen molar-refractivity contribution in [2.24, 2.45) is 5.92 Å². The maximum Gasteiger partial charge on any atom is 0.219 e. The van der Waals surface area contributed by atoms with Gasteiger partial charge in [0.1, 0.15) is 0 Å². The lowest BCUT2D eigenvalue weighted by Gasteiger charge is -2.23. The van der Waals surface area contributed by atoms with Gasteiger partial charge in [-0.25, -0.2) is 0 Å². The average Bonchev–Trinajstić information content (AvgIpc) is 2.27. The summed E-state index contributed by atoms with van der Waals surface area (Å²) < 4.78 is 0. The van der Waals surface area contributed by atoms with Crippen LogP contribution >= 0.6 is 0 Å². The summed E-state index contributed by atoms with van der Waals surface area (Å²) >= 11 is 0. The fourth-order valence-electron chi connectivity index (χ4n) is 1.82. The summed E-state index contributed by atoms with van der Waals surface area (Å²) in [5.74, 6) is 0.691. The third kappa shape index (κ3) is 9.03. The van der Waals surface area contributed by atoms with Crippen molar-refractivity contribution in [2.45, 2.75) is 53.9 Å². The van der Waals surface area contributed by atoms with E-state index in [4.69, 9.17) is 0 Å². The predicted molar refractivity (Wildman–Crippen MR) is 79.5 cm³/mol. The molecule has 0 aliphatic heterocycles. The molecule has 0 heterocycles. The third-order valence-electron chi connectivity index (χ3n) is 2.70. The van der Waals surface area contributed by atoms with Gasteiger partial charge < -0.3 is 4.90 Å². The van der Waals surface area contributed by atoms with Crippen LogP contribution in [0.15, 0.2) is 23.8 Å². The van der Waals surface area contributed by atoms with Crippen LogP contribution in [-0.2, 0) is 4.79 Å². The SMILES string of the molecule is CC/C=C\CC/C=C(/C)CN(CC(C)C)C(C)=O. The van der Waals surface area contributed by atoms with Crippen molar-refractivity contribution in [1.82, 2.24) is 4.90 Å². The second-order valence-corrected chi connectivity index (χ2v) is 5.30. The Morgan fingerprint density at radius 3 is 2.33 bits per heavy atom. The monoisotopic (exact) mass is 251 g/mol. The topological polar surface area (TPSA) is 20.3 Å². The molecule has 0 saturated heterocycles. The molecule has 2 nitrogen and oxygen atoms in total. The first-order valence-corrected chi connectivity index (χ1v) is 7.03. The van der Waals surface area contributed by atoms with E-state index in [-0.39, 0.29) is 5.91 Å². The van der Waals surface area contributed by atoms with E-state index in [0.29, 0.717) is 5.92 Å². The molecule has 0 saturated carbocycles. The first-order chi connectivity index (χ1) is 8.47. The lowest BCUT2D eigenvalue weighted by molar-refractivity contribution is -0.128. The van der Waals surface area contributed by atoms with Gasteiger partial charge in [-0.1, -0.05) is 44.6 Å². The maximum atomic E-state index is 11.5. The number of carbonyl (C=O) groups excluding carboxylic acids is 1. The Morgan fingerprint density at radius 1 is 1.17 bits per heavy atom. The minimum absolute atomic E-state index is 0.169. The summed E-state index contributed by atoms with van der Waals surface area (Å²) in [7, 11) is 0. The maximum absolute atomic E-state index is 11.5. The molecule has 0 bridgehead atoms. The Hall–Kier alpha value is -1.05. The molecule has 0 atom stereocenters. The number of amides is 1.